The molecule has 6 aromatic carbocycles. The summed E-state index contributed by atoms with van der Waals surface area (Å²) in [5.74, 6) is 0. The number of benzene rings is 6. The smallest absolute Gasteiger partial charge is 0.159 e. The van der Waals surface area contributed by atoms with E-state index in [-0.39, 0.29) is 5.41 Å². The topological polar surface area (TPSA) is 29.3 Å². The maximum absolute atomic E-state index is 6.81. The molecule has 0 radical (unpaired) electrons. The largest absolute Gasteiger partial charge is 0.453 e. The van der Waals surface area contributed by atoms with Crippen molar-refractivity contribution in [2.45, 2.75) is 19.3 Å². The Labute approximate surface area is 262 Å². The van der Waals surface area contributed by atoms with E-state index in [0.717, 1.165) is 49.9 Å². The molecule has 0 bridgehead atoms. The first-order valence-corrected chi connectivity index (χ1v) is 15.5. The van der Waals surface area contributed by atoms with Crippen LogP contribution in [-0.2, 0) is 5.41 Å². The van der Waals surface area contributed by atoms with Crippen LogP contribution in [0, 0.1) is 0 Å². The molecule has 3 heteroatoms. The molecule has 0 saturated heterocycles. The molecule has 0 saturated carbocycles. The Morgan fingerprint density at radius 2 is 1.24 bits per heavy atom. The van der Waals surface area contributed by atoms with Crippen LogP contribution >= 0.6 is 0 Å². The maximum atomic E-state index is 6.81. The number of hydrogen-bond donors (Lipinski definition) is 0. The molecule has 0 spiro atoms. The highest BCUT2D eigenvalue weighted by Crippen LogP contribution is 2.51. The molecule has 45 heavy (non-hydrogen) atoms. The Morgan fingerprint density at radius 1 is 0.533 bits per heavy atom. The normalized spacial score (nSPS) is 13.3. The number of nitrogens with zero attached hydrogens (tertiary/aromatic N) is 2. The molecular formula is C42H30N2O. The van der Waals surface area contributed by atoms with Gasteiger partial charge < -0.3 is 9.32 Å². The summed E-state index contributed by atoms with van der Waals surface area (Å²) in [7, 11) is 0. The number of rotatable bonds is 4. The Bertz CT molecular complexity index is 2400. The molecular weight excluding hydrogens is 548 g/mol. The fraction of sp³-hybridized carbons (Fsp3) is 0.0714. The molecule has 0 fully saturated rings. The Kier molecular flexibility index (Phi) is 5.54. The van der Waals surface area contributed by atoms with Crippen molar-refractivity contribution in [3.63, 3.8) is 0 Å². The van der Waals surface area contributed by atoms with Crippen LogP contribution in [0.5, 0.6) is 0 Å². The summed E-state index contributed by atoms with van der Waals surface area (Å²) in [5.41, 5.74) is 13.5. The zero-order valence-electron chi connectivity index (χ0n) is 25.2. The van der Waals surface area contributed by atoms with Crippen molar-refractivity contribution >= 4 is 49.9 Å². The van der Waals surface area contributed by atoms with Crippen LogP contribution in [0.2, 0.25) is 0 Å². The molecule has 0 amide bonds. The molecule has 9 rings (SSSR count). The van der Waals surface area contributed by atoms with Gasteiger partial charge in [0.15, 0.2) is 5.58 Å². The Morgan fingerprint density at radius 3 is 2.11 bits per heavy atom. The molecule has 0 atom stereocenters. The van der Waals surface area contributed by atoms with E-state index in [1.165, 1.54) is 33.4 Å². The second kappa shape index (κ2) is 9.67. The highest BCUT2D eigenvalue weighted by molar-refractivity contribution is 6.17. The lowest BCUT2D eigenvalue weighted by Gasteiger charge is -2.27. The van der Waals surface area contributed by atoms with Gasteiger partial charge in [-0.2, -0.15) is 0 Å². The highest BCUT2D eigenvalue weighted by atomic mass is 16.3. The van der Waals surface area contributed by atoms with Crippen molar-refractivity contribution in [1.29, 1.82) is 0 Å². The van der Waals surface area contributed by atoms with E-state index in [2.05, 4.69) is 157 Å². The first-order valence-electron chi connectivity index (χ1n) is 15.5. The van der Waals surface area contributed by atoms with Gasteiger partial charge in [-0.05, 0) is 88.0 Å². The van der Waals surface area contributed by atoms with Crippen LogP contribution in [0.3, 0.4) is 0 Å². The van der Waals surface area contributed by atoms with E-state index in [1.807, 2.05) is 12.3 Å². The second-order valence-electron chi connectivity index (χ2n) is 12.4. The molecule has 214 valence electrons. The molecule has 0 aliphatic heterocycles. The van der Waals surface area contributed by atoms with E-state index in [0.29, 0.717) is 0 Å². The first-order chi connectivity index (χ1) is 22.1. The van der Waals surface area contributed by atoms with Crippen LogP contribution in [0.25, 0.3) is 55.1 Å². The van der Waals surface area contributed by atoms with Gasteiger partial charge in [-0.3, -0.25) is 4.98 Å². The quantitative estimate of drug-likeness (QED) is 0.208. The van der Waals surface area contributed by atoms with E-state index in [1.54, 1.807) is 0 Å². The fourth-order valence-corrected chi connectivity index (χ4v) is 7.28. The molecule has 0 N–H and O–H groups in total. The van der Waals surface area contributed by atoms with Gasteiger partial charge >= 0.3 is 0 Å². The van der Waals surface area contributed by atoms with E-state index < -0.39 is 0 Å². The number of pyridine rings is 1. The van der Waals surface area contributed by atoms with Crippen LogP contribution in [0.4, 0.5) is 17.1 Å². The molecule has 2 aromatic heterocycles. The zero-order chi connectivity index (χ0) is 30.1. The Balaban J connectivity index is 1.29. The van der Waals surface area contributed by atoms with Crippen molar-refractivity contribution in [2.75, 3.05) is 4.90 Å². The summed E-state index contributed by atoms with van der Waals surface area (Å²) >= 11 is 0. The lowest BCUT2D eigenvalue weighted by molar-refractivity contribution is 0.660. The predicted octanol–water partition coefficient (Wildman–Crippen LogP) is 11.6. The second-order valence-corrected chi connectivity index (χ2v) is 12.4. The Hall–Kier alpha value is -5.67. The third-order valence-corrected chi connectivity index (χ3v) is 9.52. The van der Waals surface area contributed by atoms with Crippen LogP contribution in [0.1, 0.15) is 25.0 Å². The van der Waals surface area contributed by atoms with E-state index >= 15 is 0 Å². The molecule has 2 heterocycles. The van der Waals surface area contributed by atoms with E-state index in [9.17, 15) is 0 Å². The van der Waals surface area contributed by atoms with Gasteiger partial charge in [0.25, 0.3) is 0 Å². The zero-order valence-corrected chi connectivity index (χ0v) is 25.2. The number of anilines is 3. The van der Waals surface area contributed by atoms with Crippen molar-refractivity contribution < 1.29 is 4.42 Å². The summed E-state index contributed by atoms with van der Waals surface area (Å²) in [6, 6.07) is 49.9. The molecule has 1 aliphatic carbocycles. The van der Waals surface area contributed by atoms with Crippen LogP contribution in [0.15, 0.2) is 150 Å². The van der Waals surface area contributed by atoms with Gasteiger partial charge in [0.05, 0.1) is 11.2 Å². The summed E-state index contributed by atoms with van der Waals surface area (Å²) in [6.07, 6.45) is 1.83. The molecule has 1 aliphatic rings. The van der Waals surface area contributed by atoms with Crippen molar-refractivity contribution in [3.05, 3.63) is 157 Å². The van der Waals surface area contributed by atoms with Crippen LogP contribution in [-0.4, -0.2) is 4.98 Å². The molecule has 3 nitrogen and oxygen atoms in total. The summed E-state index contributed by atoms with van der Waals surface area (Å²) < 4.78 is 6.81. The first kappa shape index (κ1) is 25.8. The van der Waals surface area contributed by atoms with E-state index in [4.69, 9.17) is 4.42 Å². The lowest BCUT2D eigenvalue weighted by Crippen LogP contribution is -2.15. The minimum Gasteiger partial charge on any atom is -0.453 e. The third kappa shape index (κ3) is 3.87. The third-order valence-electron chi connectivity index (χ3n) is 9.52. The van der Waals surface area contributed by atoms with Crippen molar-refractivity contribution in [2.24, 2.45) is 0 Å². The van der Waals surface area contributed by atoms with Gasteiger partial charge in [0.1, 0.15) is 5.58 Å². The predicted molar refractivity (Wildman–Crippen MR) is 187 cm³/mol. The summed E-state index contributed by atoms with van der Waals surface area (Å²) in [4.78, 5) is 6.92. The minimum absolute atomic E-state index is 0.0551. The van der Waals surface area contributed by atoms with Gasteiger partial charge in [-0.1, -0.05) is 98.8 Å². The molecule has 8 aromatic rings. The van der Waals surface area contributed by atoms with Crippen molar-refractivity contribution in [1.82, 2.24) is 4.98 Å². The minimum atomic E-state index is -0.0551. The standard InChI is InChI=1S/C42H30N2O/c1-42(2)36-15-7-6-12-31(36)35-26-30(21-23-37(35)42)44(29-19-17-28(18-20-29)27-10-4-3-5-11-27)39-16-8-13-32-33-22-24-38-34(14-9-25-43-38)40(33)45-41(32)39/h3-26H,1-2H3. The van der Waals surface area contributed by atoms with Crippen molar-refractivity contribution in [3.8, 4) is 22.3 Å². The number of furan rings is 1. The highest BCUT2D eigenvalue weighted by Gasteiger charge is 2.35. The SMILES string of the molecule is CC1(C)c2ccccc2-c2cc(N(c3ccc(-c4ccccc4)cc3)c3cccc4c3oc3c5cccnc5ccc43)ccc21. The number of hydrogen-bond acceptors (Lipinski definition) is 3. The van der Waals surface area contributed by atoms with Gasteiger partial charge in [0.2, 0.25) is 0 Å². The average molecular weight is 579 g/mol. The van der Waals surface area contributed by atoms with Crippen LogP contribution < -0.4 is 4.90 Å². The van der Waals surface area contributed by atoms with Gasteiger partial charge in [-0.15, -0.1) is 0 Å². The lowest BCUT2D eigenvalue weighted by atomic mass is 9.82. The summed E-state index contributed by atoms with van der Waals surface area (Å²) in [6.45, 7) is 4.65. The maximum Gasteiger partial charge on any atom is 0.159 e. The monoisotopic (exact) mass is 578 g/mol. The number of para-hydroxylation sites is 1. The number of aromatic nitrogens is 1. The number of fused-ring (bicyclic) bond motifs is 8. The fourth-order valence-electron chi connectivity index (χ4n) is 7.28. The average Bonchev–Trinajstić information content (AvgIpc) is 3.59. The molecule has 0 unspecified atom stereocenters. The summed E-state index contributed by atoms with van der Waals surface area (Å²) in [5, 5.41) is 3.20. The van der Waals surface area contributed by atoms with Gasteiger partial charge in [-0.25, -0.2) is 0 Å². The van der Waals surface area contributed by atoms with Gasteiger partial charge in [0, 0.05) is 39.1 Å².